The zero-order valence-electron chi connectivity index (χ0n) is 24.2. The van der Waals surface area contributed by atoms with Crippen LogP contribution in [0.2, 0.25) is 0 Å². The van der Waals surface area contributed by atoms with E-state index in [-0.39, 0.29) is 0 Å². The minimum atomic E-state index is 1.14. The average molecular weight is 496 g/mol. The molecule has 0 saturated carbocycles. The first-order valence-electron chi connectivity index (χ1n) is 16.0. The van der Waals surface area contributed by atoms with Gasteiger partial charge >= 0.3 is 0 Å². The molecule has 2 rings (SSSR count). The number of aromatic nitrogens is 2. The molecule has 0 aliphatic carbocycles. The van der Waals surface area contributed by atoms with Crippen molar-refractivity contribution in [3.63, 3.8) is 0 Å². The van der Waals surface area contributed by atoms with E-state index < -0.39 is 0 Å². The minimum absolute atomic E-state index is 1.14. The van der Waals surface area contributed by atoms with E-state index >= 15 is 0 Å². The third-order valence-corrected chi connectivity index (χ3v) is 7.76. The third kappa shape index (κ3) is 13.7. The lowest BCUT2D eigenvalue weighted by Gasteiger charge is -2.07. The van der Waals surface area contributed by atoms with Crippen LogP contribution in [0.3, 0.4) is 0 Å². The SMILES string of the molecule is CCCCCCCCCCCCCCCCn1cc[n+](CCCCCCCCC)c1-c1ccccc1. The van der Waals surface area contributed by atoms with E-state index in [1.54, 1.807) is 0 Å². The van der Waals surface area contributed by atoms with Crippen LogP contribution in [0.4, 0.5) is 0 Å². The van der Waals surface area contributed by atoms with E-state index in [9.17, 15) is 0 Å². The molecule has 0 bridgehead atoms. The van der Waals surface area contributed by atoms with Gasteiger partial charge in [0, 0.05) is 0 Å². The summed E-state index contributed by atoms with van der Waals surface area (Å²) in [7, 11) is 0. The second kappa shape index (κ2) is 21.5. The van der Waals surface area contributed by atoms with Crippen molar-refractivity contribution in [3.8, 4) is 11.4 Å². The Kier molecular flexibility index (Phi) is 18.3. The second-order valence-corrected chi connectivity index (χ2v) is 11.1. The Hall–Kier alpha value is -1.57. The summed E-state index contributed by atoms with van der Waals surface area (Å²) in [6.45, 7) is 6.89. The average Bonchev–Trinajstić information content (AvgIpc) is 3.31. The number of unbranched alkanes of at least 4 members (excludes halogenated alkanes) is 19. The lowest BCUT2D eigenvalue weighted by molar-refractivity contribution is -0.686. The molecular formula is C34H59N2+. The van der Waals surface area contributed by atoms with Crippen molar-refractivity contribution in [2.45, 2.75) is 162 Å². The molecule has 0 aliphatic heterocycles. The smallest absolute Gasteiger partial charge is 0.230 e. The highest BCUT2D eigenvalue weighted by Crippen LogP contribution is 2.18. The van der Waals surface area contributed by atoms with Gasteiger partial charge < -0.3 is 0 Å². The van der Waals surface area contributed by atoms with Gasteiger partial charge in [-0.3, -0.25) is 0 Å². The highest BCUT2D eigenvalue weighted by Gasteiger charge is 2.18. The van der Waals surface area contributed by atoms with Crippen molar-refractivity contribution in [3.05, 3.63) is 42.7 Å². The molecule has 0 fully saturated rings. The molecule has 0 spiro atoms. The monoisotopic (exact) mass is 495 g/mol. The Morgan fingerprint density at radius 1 is 0.528 bits per heavy atom. The van der Waals surface area contributed by atoms with Gasteiger partial charge in [-0.05, 0) is 37.8 Å². The molecule has 2 nitrogen and oxygen atoms in total. The number of imidazole rings is 1. The summed E-state index contributed by atoms with van der Waals surface area (Å²) < 4.78 is 5.02. The van der Waals surface area contributed by atoms with Crippen molar-refractivity contribution >= 4 is 0 Å². The summed E-state index contributed by atoms with van der Waals surface area (Å²) in [4.78, 5) is 0. The van der Waals surface area contributed by atoms with E-state index in [1.807, 2.05) is 0 Å². The molecule has 1 aromatic heterocycles. The van der Waals surface area contributed by atoms with Crippen molar-refractivity contribution in [1.29, 1.82) is 0 Å². The molecular weight excluding hydrogens is 436 g/mol. The Balaban J connectivity index is 1.62. The maximum Gasteiger partial charge on any atom is 0.288 e. The van der Waals surface area contributed by atoms with Crippen LogP contribution in [0.15, 0.2) is 42.7 Å². The summed E-state index contributed by atoms with van der Waals surface area (Å²) in [5, 5.41) is 0. The number of nitrogens with zero attached hydrogens (tertiary/aromatic N) is 2. The maximum absolute atomic E-state index is 2.51. The Morgan fingerprint density at radius 2 is 0.972 bits per heavy atom. The van der Waals surface area contributed by atoms with Crippen LogP contribution in [0, 0.1) is 0 Å². The van der Waals surface area contributed by atoms with Crippen molar-refractivity contribution in [1.82, 2.24) is 4.57 Å². The van der Waals surface area contributed by atoms with Gasteiger partial charge in [0.1, 0.15) is 12.4 Å². The number of hydrogen-bond donors (Lipinski definition) is 0. The Morgan fingerprint density at radius 3 is 1.47 bits per heavy atom. The van der Waals surface area contributed by atoms with Gasteiger partial charge in [0.2, 0.25) is 0 Å². The molecule has 1 aromatic carbocycles. The highest BCUT2D eigenvalue weighted by atomic mass is 15.1. The third-order valence-electron chi connectivity index (χ3n) is 7.76. The first kappa shape index (κ1) is 30.7. The zero-order chi connectivity index (χ0) is 25.5. The van der Waals surface area contributed by atoms with Gasteiger partial charge in [-0.2, -0.15) is 0 Å². The van der Waals surface area contributed by atoms with E-state index in [4.69, 9.17) is 0 Å². The number of hydrogen-bond acceptors (Lipinski definition) is 0. The second-order valence-electron chi connectivity index (χ2n) is 11.1. The van der Waals surface area contributed by atoms with Gasteiger partial charge in [-0.1, -0.05) is 141 Å². The summed E-state index contributed by atoms with van der Waals surface area (Å²) in [5.74, 6) is 1.40. The maximum atomic E-state index is 2.51. The first-order valence-corrected chi connectivity index (χ1v) is 16.0. The number of benzene rings is 1. The quantitative estimate of drug-likeness (QED) is 0.101. The predicted octanol–water partition coefficient (Wildman–Crippen LogP) is 10.7. The van der Waals surface area contributed by atoms with Crippen LogP contribution in [0.25, 0.3) is 11.4 Å². The highest BCUT2D eigenvalue weighted by molar-refractivity contribution is 5.52. The molecule has 0 atom stereocenters. The van der Waals surface area contributed by atoms with Crippen molar-refractivity contribution < 1.29 is 4.57 Å². The van der Waals surface area contributed by atoms with Gasteiger partial charge in [0.25, 0.3) is 5.82 Å². The first-order chi connectivity index (χ1) is 17.9. The molecule has 0 radical (unpaired) electrons. The van der Waals surface area contributed by atoms with Crippen molar-refractivity contribution in [2.24, 2.45) is 0 Å². The van der Waals surface area contributed by atoms with Crippen LogP contribution in [0.1, 0.15) is 149 Å². The fourth-order valence-electron chi connectivity index (χ4n) is 5.46. The molecule has 36 heavy (non-hydrogen) atoms. The largest absolute Gasteiger partial charge is 0.288 e. The molecule has 2 heteroatoms. The van der Waals surface area contributed by atoms with Gasteiger partial charge in [0.05, 0.1) is 18.7 Å². The topological polar surface area (TPSA) is 8.81 Å². The fraction of sp³-hybridized carbons (Fsp3) is 0.735. The predicted molar refractivity (Wildman–Crippen MR) is 158 cm³/mol. The Bertz CT molecular complexity index is 733. The standard InChI is InChI=1S/C34H59N2/c1-3-5-7-9-11-12-13-14-15-16-17-19-21-26-30-36-32-31-35(29-25-20-18-10-8-6-4-2)34(36)33-27-23-22-24-28-33/h22-24,27-28,31-32H,3-21,25-26,29-30H2,1-2H3/q+1. The number of rotatable bonds is 24. The van der Waals surface area contributed by atoms with Crippen LogP contribution >= 0.6 is 0 Å². The summed E-state index contributed by atoms with van der Waals surface area (Å²) in [6, 6.07) is 11.0. The molecule has 1 heterocycles. The lowest BCUT2D eigenvalue weighted by Crippen LogP contribution is -2.34. The Labute approximate surface area is 224 Å². The van der Waals surface area contributed by atoms with Crippen LogP contribution in [-0.4, -0.2) is 4.57 Å². The van der Waals surface area contributed by atoms with E-state index in [2.05, 4.69) is 65.7 Å². The fourth-order valence-corrected chi connectivity index (χ4v) is 5.46. The molecule has 2 aromatic rings. The van der Waals surface area contributed by atoms with E-state index in [1.165, 1.54) is 146 Å². The minimum Gasteiger partial charge on any atom is -0.230 e. The van der Waals surface area contributed by atoms with Crippen molar-refractivity contribution in [2.75, 3.05) is 0 Å². The molecule has 0 saturated heterocycles. The van der Waals surface area contributed by atoms with Crippen LogP contribution in [0.5, 0.6) is 0 Å². The lowest BCUT2D eigenvalue weighted by atomic mass is 10.0. The molecule has 0 N–H and O–H groups in total. The molecule has 0 amide bonds. The summed E-state index contributed by atoms with van der Waals surface area (Å²) in [5.41, 5.74) is 1.36. The van der Waals surface area contributed by atoms with Gasteiger partial charge in [0.15, 0.2) is 0 Å². The van der Waals surface area contributed by atoms with Crippen LogP contribution in [-0.2, 0) is 13.1 Å². The van der Waals surface area contributed by atoms with Gasteiger partial charge in [-0.25, -0.2) is 9.13 Å². The zero-order valence-corrected chi connectivity index (χ0v) is 24.2. The number of aryl methyl sites for hydroxylation is 2. The summed E-state index contributed by atoms with van der Waals surface area (Å²) in [6.07, 6.45) is 34.1. The van der Waals surface area contributed by atoms with Crippen LogP contribution < -0.4 is 4.57 Å². The molecule has 0 aliphatic rings. The summed E-state index contributed by atoms with van der Waals surface area (Å²) >= 11 is 0. The van der Waals surface area contributed by atoms with E-state index in [0.29, 0.717) is 0 Å². The normalized spacial score (nSPS) is 11.4. The van der Waals surface area contributed by atoms with Gasteiger partial charge in [-0.15, -0.1) is 0 Å². The molecule has 204 valence electrons. The molecule has 0 unspecified atom stereocenters. The van der Waals surface area contributed by atoms with E-state index in [0.717, 1.165) is 13.1 Å².